The van der Waals surface area contributed by atoms with Crippen LogP contribution in [0.2, 0.25) is 0 Å². The van der Waals surface area contributed by atoms with Gasteiger partial charge in [-0.15, -0.1) is 0 Å². The van der Waals surface area contributed by atoms with Crippen LogP contribution in [0.4, 0.5) is 0 Å². The molecule has 0 spiro atoms. The number of ether oxygens (including phenoxy) is 2. The molecule has 0 aliphatic carbocycles. The molecular formula is C21H25NO5S. The molecule has 3 rings (SSSR count). The highest BCUT2D eigenvalue weighted by Crippen LogP contribution is 2.39. The van der Waals surface area contributed by atoms with E-state index in [1.807, 2.05) is 30.3 Å². The number of esters is 1. The zero-order chi connectivity index (χ0) is 20.2. The van der Waals surface area contributed by atoms with Crippen molar-refractivity contribution >= 4 is 16.0 Å². The van der Waals surface area contributed by atoms with E-state index in [1.54, 1.807) is 31.2 Å². The predicted molar refractivity (Wildman–Crippen MR) is 106 cm³/mol. The molecule has 7 heteroatoms. The summed E-state index contributed by atoms with van der Waals surface area (Å²) in [5.74, 6) is 0.0170. The number of para-hydroxylation sites is 1. The maximum absolute atomic E-state index is 13.1. The molecule has 0 unspecified atom stereocenters. The van der Waals surface area contributed by atoms with Crippen molar-refractivity contribution in [1.29, 1.82) is 0 Å². The minimum absolute atomic E-state index is 0.140. The molecule has 6 nitrogen and oxygen atoms in total. The van der Waals surface area contributed by atoms with Gasteiger partial charge < -0.3 is 9.47 Å². The van der Waals surface area contributed by atoms with Gasteiger partial charge in [-0.3, -0.25) is 4.79 Å². The zero-order valence-electron chi connectivity index (χ0n) is 16.1. The van der Waals surface area contributed by atoms with Crippen LogP contribution in [0.25, 0.3) is 0 Å². The number of carbonyl (C=O) groups excluding carboxylic acids is 1. The predicted octanol–water partition coefficient (Wildman–Crippen LogP) is 2.98. The first-order valence-corrected chi connectivity index (χ1v) is 10.8. The van der Waals surface area contributed by atoms with E-state index in [4.69, 9.17) is 9.47 Å². The van der Waals surface area contributed by atoms with Gasteiger partial charge in [0.05, 0.1) is 19.1 Å². The van der Waals surface area contributed by atoms with Gasteiger partial charge in [0, 0.05) is 13.1 Å². The molecule has 2 aromatic rings. The fraction of sp³-hybridized carbons (Fsp3) is 0.381. The Morgan fingerprint density at radius 2 is 1.64 bits per heavy atom. The number of nitrogens with zero attached hydrogens (tertiary/aromatic N) is 1. The molecule has 2 aromatic carbocycles. The summed E-state index contributed by atoms with van der Waals surface area (Å²) in [7, 11) is -2.27. The van der Waals surface area contributed by atoms with Crippen LogP contribution in [0.3, 0.4) is 0 Å². The standard InChI is InChI=1S/C21H25NO5S/c1-3-27-20(23)21(17-9-5-4-6-10-17)13-15-22(16-14-21)28(24,25)19-12-8-7-11-18(19)26-2/h4-12H,3,13-16H2,1-2H3. The molecule has 28 heavy (non-hydrogen) atoms. The Hall–Kier alpha value is -2.38. The lowest BCUT2D eigenvalue weighted by Crippen LogP contribution is -2.49. The maximum atomic E-state index is 13.1. The van der Waals surface area contributed by atoms with Crippen molar-refractivity contribution in [2.75, 3.05) is 26.8 Å². The number of carbonyl (C=O) groups is 1. The van der Waals surface area contributed by atoms with Crippen LogP contribution in [0.5, 0.6) is 5.75 Å². The average molecular weight is 404 g/mol. The fourth-order valence-corrected chi connectivity index (χ4v) is 5.31. The summed E-state index contributed by atoms with van der Waals surface area (Å²) in [4.78, 5) is 13.0. The third-order valence-corrected chi connectivity index (χ3v) is 7.19. The third-order valence-electron chi connectivity index (χ3n) is 5.26. The van der Waals surface area contributed by atoms with E-state index in [-0.39, 0.29) is 30.6 Å². The van der Waals surface area contributed by atoms with Gasteiger partial charge in [-0.1, -0.05) is 42.5 Å². The SMILES string of the molecule is CCOC(=O)C1(c2ccccc2)CCN(S(=O)(=O)c2ccccc2OC)CC1. The molecule has 1 aliphatic rings. The van der Waals surface area contributed by atoms with Gasteiger partial charge in [-0.05, 0) is 37.5 Å². The molecule has 0 atom stereocenters. The lowest BCUT2D eigenvalue weighted by molar-refractivity contribution is -0.152. The van der Waals surface area contributed by atoms with Crippen molar-refractivity contribution in [1.82, 2.24) is 4.31 Å². The summed E-state index contributed by atoms with van der Waals surface area (Å²) in [5, 5.41) is 0. The molecule has 0 amide bonds. The van der Waals surface area contributed by atoms with Crippen LogP contribution in [-0.4, -0.2) is 45.5 Å². The first kappa shape index (κ1) is 20.4. The topological polar surface area (TPSA) is 72.9 Å². The third kappa shape index (κ3) is 3.64. The number of benzene rings is 2. The normalized spacial score (nSPS) is 17.1. The van der Waals surface area contributed by atoms with Gasteiger partial charge in [0.1, 0.15) is 10.6 Å². The number of sulfonamides is 1. The summed E-state index contributed by atoms with van der Waals surface area (Å²) >= 11 is 0. The number of rotatable bonds is 6. The molecular weight excluding hydrogens is 378 g/mol. The van der Waals surface area contributed by atoms with Gasteiger partial charge in [0.15, 0.2) is 0 Å². The van der Waals surface area contributed by atoms with E-state index in [0.717, 1.165) is 5.56 Å². The Labute approximate surface area is 166 Å². The Bertz CT molecular complexity index is 919. The molecule has 1 heterocycles. The molecule has 0 aromatic heterocycles. The first-order chi connectivity index (χ1) is 13.5. The number of hydrogen-bond donors (Lipinski definition) is 0. The van der Waals surface area contributed by atoms with Gasteiger partial charge in [0.2, 0.25) is 10.0 Å². The van der Waals surface area contributed by atoms with E-state index < -0.39 is 15.4 Å². The van der Waals surface area contributed by atoms with Crippen LogP contribution < -0.4 is 4.74 Å². The van der Waals surface area contributed by atoms with Crippen LogP contribution in [-0.2, 0) is 25.0 Å². The second-order valence-corrected chi connectivity index (χ2v) is 8.63. The van der Waals surface area contributed by atoms with Gasteiger partial charge in [-0.2, -0.15) is 4.31 Å². The highest BCUT2D eigenvalue weighted by Gasteiger charge is 2.46. The number of piperidine rings is 1. The Morgan fingerprint density at radius 1 is 1.04 bits per heavy atom. The smallest absolute Gasteiger partial charge is 0.316 e. The Balaban J connectivity index is 1.89. The lowest BCUT2D eigenvalue weighted by atomic mass is 9.73. The van der Waals surface area contributed by atoms with Crippen LogP contribution in [0, 0.1) is 0 Å². The minimum Gasteiger partial charge on any atom is -0.495 e. The van der Waals surface area contributed by atoms with E-state index in [9.17, 15) is 13.2 Å². The molecule has 1 aliphatic heterocycles. The first-order valence-electron chi connectivity index (χ1n) is 9.31. The van der Waals surface area contributed by atoms with Gasteiger partial charge in [-0.25, -0.2) is 8.42 Å². The van der Waals surface area contributed by atoms with E-state index in [1.165, 1.54) is 11.4 Å². The van der Waals surface area contributed by atoms with Crippen molar-refractivity contribution in [2.45, 2.75) is 30.1 Å². The summed E-state index contributed by atoms with van der Waals surface area (Å²) in [5.41, 5.74) is 0.0344. The highest BCUT2D eigenvalue weighted by molar-refractivity contribution is 7.89. The molecule has 0 bridgehead atoms. The lowest BCUT2D eigenvalue weighted by Gasteiger charge is -2.39. The van der Waals surface area contributed by atoms with Crippen molar-refractivity contribution in [3.05, 3.63) is 60.2 Å². The molecule has 0 N–H and O–H groups in total. The second-order valence-electron chi connectivity index (χ2n) is 6.72. The number of hydrogen-bond acceptors (Lipinski definition) is 5. The Kier molecular flexibility index (Phi) is 6.05. The fourth-order valence-electron chi connectivity index (χ4n) is 3.72. The van der Waals surface area contributed by atoms with E-state index >= 15 is 0 Å². The summed E-state index contributed by atoms with van der Waals surface area (Å²) in [6.07, 6.45) is 0.731. The summed E-state index contributed by atoms with van der Waals surface area (Å²) in [6.45, 7) is 2.52. The molecule has 150 valence electrons. The van der Waals surface area contributed by atoms with Crippen molar-refractivity contribution in [2.24, 2.45) is 0 Å². The van der Waals surface area contributed by atoms with Crippen LogP contribution in [0.15, 0.2) is 59.5 Å². The van der Waals surface area contributed by atoms with Crippen molar-refractivity contribution in [3.8, 4) is 5.75 Å². The summed E-state index contributed by atoms with van der Waals surface area (Å²) < 4.78 is 38.3. The Morgan fingerprint density at radius 3 is 2.25 bits per heavy atom. The van der Waals surface area contributed by atoms with E-state index in [0.29, 0.717) is 18.6 Å². The number of methoxy groups -OCH3 is 1. The van der Waals surface area contributed by atoms with Gasteiger partial charge in [0.25, 0.3) is 0 Å². The van der Waals surface area contributed by atoms with E-state index in [2.05, 4.69) is 0 Å². The molecule has 0 radical (unpaired) electrons. The second kappa shape index (κ2) is 8.32. The van der Waals surface area contributed by atoms with Gasteiger partial charge >= 0.3 is 5.97 Å². The zero-order valence-corrected chi connectivity index (χ0v) is 16.9. The molecule has 0 saturated carbocycles. The van der Waals surface area contributed by atoms with Crippen LogP contribution >= 0.6 is 0 Å². The monoisotopic (exact) mass is 403 g/mol. The minimum atomic E-state index is -3.72. The maximum Gasteiger partial charge on any atom is 0.316 e. The van der Waals surface area contributed by atoms with Crippen molar-refractivity contribution < 1.29 is 22.7 Å². The average Bonchev–Trinajstić information content (AvgIpc) is 2.74. The molecule has 1 fully saturated rings. The van der Waals surface area contributed by atoms with Crippen LogP contribution in [0.1, 0.15) is 25.3 Å². The molecule has 1 saturated heterocycles. The van der Waals surface area contributed by atoms with Crippen molar-refractivity contribution in [3.63, 3.8) is 0 Å². The quantitative estimate of drug-likeness (QED) is 0.694. The summed E-state index contributed by atoms with van der Waals surface area (Å²) in [6, 6.07) is 16.0. The highest BCUT2D eigenvalue weighted by atomic mass is 32.2. The largest absolute Gasteiger partial charge is 0.495 e.